The lowest BCUT2D eigenvalue weighted by Gasteiger charge is -2.21. The van der Waals surface area contributed by atoms with E-state index in [-0.39, 0.29) is 0 Å². The number of aliphatic carboxylic acids is 1. The Morgan fingerprint density at radius 3 is 2.42 bits per heavy atom. The van der Waals surface area contributed by atoms with Crippen molar-refractivity contribution < 1.29 is 9.90 Å². The van der Waals surface area contributed by atoms with E-state index in [0.717, 1.165) is 17.9 Å². The maximum atomic E-state index is 10.8. The van der Waals surface area contributed by atoms with Gasteiger partial charge in [-0.1, -0.05) is 13.8 Å². The average Bonchev–Trinajstić information content (AvgIpc) is 2.04. The van der Waals surface area contributed by atoms with Crippen molar-refractivity contribution in [1.29, 1.82) is 0 Å². The smallest absolute Gasteiger partial charge is 0.310 e. The van der Waals surface area contributed by atoms with Crippen LogP contribution in [0.3, 0.4) is 0 Å². The lowest BCUT2D eigenvalue weighted by Crippen LogP contribution is -2.29. The Kier molecular flexibility index (Phi) is 5.38. The number of rotatable bonds is 6. The Morgan fingerprint density at radius 2 is 2.08 bits per heavy atom. The average molecular weight is 190 g/mol. The molecule has 0 saturated carbocycles. The molecule has 1 unspecified atom stereocenters. The summed E-state index contributed by atoms with van der Waals surface area (Å²) in [5.41, 5.74) is -0.528. The third-order valence-corrected chi connectivity index (χ3v) is 3.60. The highest BCUT2D eigenvalue weighted by Gasteiger charge is 2.30. The van der Waals surface area contributed by atoms with Gasteiger partial charge in [0.15, 0.2) is 0 Å². The van der Waals surface area contributed by atoms with E-state index in [2.05, 4.69) is 6.92 Å². The standard InChI is InChI=1S/C9H18O2S/c1-4-6-12-7-9(3,5-2)8(10)11/h4-7H2,1-3H3,(H,10,11). The fourth-order valence-electron chi connectivity index (χ4n) is 0.757. The molecule has 1 N–H and O–H groups in total. The Hall–Kier alpha value is -0.180. The summed E-state index contributed by atoms with van der Waals surface area (Å²) in [6.45, 7) is 5.86. The van der Waals surface area contributed by atoms with Crippen LogP contribution in [0, 0.1) is 5.41 Å². The quantitative estimate of drug-likeness (QED) is 0.654. The van der Waals surface area contributed by atoms with E-state index >= 15 is 0 Å². The first-order valence-corrected chi connectivity index (χ1v) is 5.53. The monoisotopic (exact) mass is 190 g/mol. The molecule has 0 aromatic carbocycles. The van der Waals surface area contributed by atoms with E-state index in [0.29, 0.717) is 6.42 Å². The second kappa shape index (κ2) is 5.46. The van der Waals surface area contributed by atoms with Crippen LogP contribution in [0.5, 0.6) is 0 Å². The highest BCUT2D eigenvalue weighted by molar-refractivity contribution is 7.99. The SMILES string of the molecule is CCCSCC(C)(CC)C(=O)O. The number of thioether (sulfide) groups is 1. The molecule has 0 aliphatic carbocycles. The third-order valence-electron chi connectivity index (χ3n) is 2.07. The van der Waals surface area contributed by atoms with Crippen LogP contribution in [0.4, 0.5) is 0 Å². The largest absolute Gasteiger partial charge is 0.481 e. The van der Waals surface area contributed by atoms with Crippen LogP contribution in [-0.4, -0.2) is 22.6 Å². The molecule has 2 nitrogen and oxygen atoms in total. The molecule has 72 valence electrons. The number of hydrogen-bond acceptors (Lipinski definition) is 2. The molecule has 0 saturated heterocycles. The minimum absolute atomic E-state index is 0.528. The first kappa shape index (κ1) is 11.8. The first-order valence-electron chi connectivity index (χ1n) is 4.38. The number of carbonyl (C=O) groups is 1. The van der Waals surface area contributed by atoms with Gasteiger partial charge in [-0.15, -0.1) is 0 Å². The molecule has 0 radical (unpaired) electrons. The molecule has 0 fully saturated rings. The van der Waals surface area contributed by atoms with Crippen molar-refractivity contribution in [2.75, 3.05) is 11.5 Å². The van der Waals surface area contributed by atoms with E-state index < -0.39 is 11.4 Å². The summed E-state index contributed by atoms with van der Waals surface area (Å²) in [5.74, 6) is 1.11. The van der Waals surface area contributed by atoms with Crippen LogP contribution >= 0.6 is 11.8 Å². The minimum Gasteiger partial charge on any atom is -0.481 e. The van der Waals surface area contributed by atoms with E-state index in [1.54, 1.807) is 11.8 Å². The van der Waals surface area contributed by atoms with Gasteiger partial charge in [0.05, 0.1) is 5.41 Å². The van der Waals surface area contributed by atoms with Gasteiger partial charge >= 0.3 is 5.97 Å². The Balaban J connectivity index is 3.88. The summed E-state index contributed by atoms with van der Waals surface area (Å²) in [6.07, 6.45) is 1.82. The Morgan fingerprint density at radius 1 is 1.50 bits per heavy atom. The van der Waals surface area contributed by atoms with Gasteiger partial charge in [-0.05, 0) is 25.5 Å². The molecule has 12 heavy (non-hydrogen) atoms. The number of carboxylic acids is 1. The first-order chi connectivity index (χ1) is 5.56. The van der Waals surface area contributed by atoms with Gasteiger partial charge < -0.3 is 5.11 Å². The maximum Gasteiger partial charge on any atom is 0.310 e. The van der Waals surface area contributed by atoms with Gasteiger partial charge in [-0.3, -0.25) is 4.79 Å². The zero-order valence-electron chi connectivity index (χ0n) is 8.09. The predicted octanol–water partition coefficient (Wildman–Crippen LogP) is 2.63. The molecule has 0 aromatic rings. The van der Waals surface area contributed by atoms with Gasteiger partial charge in [-0.2, -0.15) is 11.8 Å². The van der Waals surface area contributed by atoms with Crippen LogP contribution in [0.25, 0.3) is 0 Å². The molecule has 0 aromatic heterocycles. The summed E-state index contributed by atoms with van der Waals surface area (Å²) in [5, 5.41) is 8.92. The van der Waals surface area contributed by atoms with Gasteiger partial charge in [0.1, 0.15) is 0 Å². The molecule has 0 rings (SSSR count). The van der Waals surface area contributed by atoms with E-state index in [9.17, 15) is 4.79 Å². The fraction of sp³-hybridized carbons (Fsp3) is 0.889. The van der Waals surface area contributed by atoms with Crippen LogP contribution in [0.1, 0.15) is 33.6 Å². The predicted molar refractivity (Wildman–Crippen MR) is 53.6 cm³/mol. The van der Waals surface area contributed by atoms with E-state index in [1.165, 1.54) is 0 Å². The lowest BCUT2D eigenvalue weighted by molar-refractivity contribution is -0.146. The summed E-state index contributed by atoms with van der Waals surface area (Å²) in [7, 11) is 0. The lowest BCUT2D eigenvalue weighted by atomic mass is 9.90. The van der Waals surface area contributed by atoms with Crippen molar-refractivity contribution >= 4 is 17.7 Å². The van der Waals surface area contributed by atoms with Crippen LogP contribution < -0.4 is 0 Å². The van der Waals surface area contributed by atoms with Crippen molar-refractivity contribution in [3.8, 4) is 0 Å². The molecule has 0 spiro atoms. The van der Waals surface area contributed by atoms with Crippen molar-refractivity contribution in [3.63, 3.8) is 0 Å². The second-order valence-electron chi connectivity index (χ2n) is 3.27. The summed E-state index contributed by atoms with van der Waals surface area (Å²) in [4.78, 5) is 10.8. The van der Waals surface area contributed by atoms with Crippen molar-refractivity contribution in [3.05, 3.63) is 0 Å². The summed E-state index contributed by atoms with van der Waals surface area (Å²) >= 11 is 1.73. The highest BCUT2D eigenvalue weighted by Crippen LogP contribution is 2.26. The number of carboxylic acid groups (broad SMARTS) is 1. The molecular formula is C9H18O2S. The molecule has 0 bridgehead atoms. The fourth-order valence-corrected chi connectivity index (χ4v) is 1.97. The molecular weight excluding hydrogens is 172 g/mol. The van der Waals surface area contributed by atoms with Gasteiger partial charge in [0.2, 0.25) is 0 Å². The molecule has 0 amide bonds. The maximum absolute atomic E-state index is 10.8. The summed E-state index contributed by atoms with van der Waals surface area (Å²) in [6, 6.07) is 0. The molecule has 3 heteroatoms. The second-order valence-corrected chi connectivity index (χ2v) is 4.38. The van der Waals surface area contributed by atoms with E-state index in [4.69, 9.17) is 5.11 Å². The third kappa shape index (κ3) is 3.48. The summed E-state index contributed by atoms with van der Waals surface area (Å²) < 4.78 is 0. The van der Waals surface area contributed by atoms with Gasteiger partial charge in [0.25, 0.3) is 0 Å². The van der Waals surface area contributed by atoms with E-state index in [1.807, 2.05) is 13.8 Å². The van der Waals surface area contributed by atoms with Crippen molar-refractivity contribution in [1.82, 2.24) is 0 Å². The minimum atomic E-state index is -0.673. The van der Waals surface area contributed by atoms with Crippen LogP contribution in [-0.2, 0) is 4.79 Å². The highest BCUT2D eigenvalue weighted by atomic mass is 32.2. The Bertz CT molecular complexity index is 147. The zero-order valence-corrected chi connectivity index (χ0v) is 8.91. The molecule has 1 atom stereocenters. The van der Waals surface area contributed by atoms with Crippen LogP contribution in [0.2, 0.25) is 0 Å². The van der Waals surface area contributed by atoms with Crippen LogP contribution in [0.15, 0.2) is 0 Å². The molecule has 0 heterocycles. The van der Waals surface area contributed by atoms with Crippen molar-refractivity contribution in [2.45, 2.75) is 33.6 Å². The zero-order chi connectivity index (χ0) is 9.61. The number of hydrogen-bond donors (Lipinski definition) is 1. The topological polar surface area (TPSA) is 37.3 Å². The van der Waals surface area contributed by atoms with Gasteiger partial charge in [-0.25, -0.2) is 0 Å². The Labute approximate surface area is 78.7 Å². The van der Waals surface area contributed by atoms with Gasteiger partial charge in [0, 0.05) is 5.75 Å². The normalized spacial score (nSPS) is 15.6. The molecule has 0 aliphatic heterocycles. The van der Waals surface area contributed by atoms with Crippen molar-refractivity contribution in [2.24, 2.45) is 5.41 Å². The molecule has 0 aliphatic rings.